The lowest BCUT2D eigenvalue weighted by atomic mass is 10.1. The number of esters is 1. The van der Waals surface area contributed by atoms with Gasteiger partial charge in [-0.05, 0) is 31.0 Å². The Kier molecular flexibility index (Phi) is 12.4. The van der Waals surface area contributed by atoms with E-state index in [0.717, 1.165) is 12.8 Å². The highest BCUT2D eigenvalue weighted by molar-refractivity contribution is 6.31. The Hall–Kier alpha value is -1.75. The monoisotopic (exact) mass is 397 g/mol. The van der Waals surface area contributed by atoms with Crippen LogP contribution >= 0.6 is 11.6 Å². The number of ether oxygens (including phenoxy) is 2. The van der Waals surface area contributed by atoms with Crippen LogP contribution in [0.1, 0.15) is 71.1 Å². The summed E-state index contributed by atoms with van der Waals surface area (Å²) in [6.07, 6.45) is 9.24. The topological polar surface area (TPSA) is 64.6 Å². The van der Waals surface area contributed by atoms with Gasteiger partial charge in [0.15, 0.2) is 0 Å². The molecular weight excluding hydrogens is 366 g/mol. The van der Waals surface area contributed by atoms with Crippen molar-refractivity contribution >= 4 is 29.2 Å². The van der Waals surface area contributed by atoms with Crippen LogP contribution in [0.4, 0.5) is 5.69 Å². The predicted molar refractivity (Wildman–Crippen MR) is 109 cm³/mol. The van der Waals surface area contributed by atoms with Gasteiger partial charge in [-0.1, -0.05) is 57.0 Å². The van der Waals surface area contributed by atoms with E-state index in [1.54, 1.807) is 18.2 Å². The van der Waals surface area contributed by atoms with E-state index in [-0.39, 0.29) is 24.7 Å². The van der Waals surface area contributed by atoms with Crippen molar-refractivity contribution in [2.24, 2.45) is 0 Å². The van der Waals surface area contributed by atoms with E-state index in [1.165, 1.54) is 39.2 Å². The summed E-state index contributed by atoms with van der Waals surface area (Å²) in [7, 11) is 1.53. The molecule has 0 saturated carbocycles. The highest BCUT2D eigenvalue weighted by Gasteiger charge is 2.10. The molecule has 27 heavy (non-hydrogen) atoms. The van der Waals surface area contributed by atoms with Crippen molar-refractivity contribution in [3.63, 3.8) is 0 Å². The Bertz CT molecular complexity index is 577. The number of unbranched alkanes of at least 4 members (excludes halogenated alkanes) is 6. The summed E-state index contributed by atoms with van der Waals surface area (Å²) in [5.41, 5.74) is 0.525. The number of hydrogen-bond acceptors (Lipinski definition) is 4. The lowest BCUT2D eigenvalue weighted by Gasteiger charge is -2.10. The van der Waals surface area contributed by atoms with Crippen molar-refractivity contribution in [1.29, 1.82) is 0 Å². The fraction of sp³-hybridized carbons (Fsp3) is 0.619. The first kappa shape index (κ1) is 23.3. The SMILES string of the molecule is CCCCCCCCCOC(=O)CCCC(=O)Nc1cc(Cl)ccc1OC. The molecule has 0 unspecified atom stereocenters. The number of rotatable bonds is 14. The van der Waals surface area contributed by atoms with Crippen molar-refractivity contribution in [1.82, 2.24) is 0 Å². The zero-order valence-corrected chi connectivity index (χ0v) is 17.3. The van der Waals surface area contributed by atoms with E-state index >= 15 is 0 Å². The van der Waals surface area contributed by atoms with Crippen LogP contribution in [-0.4, -0.2) is 25.6 Å². The number of amides is 1. The summed E-state index contributed by atoms with van der Waals surface area (Å²) >= 11 is 5.94. The molecule has 1 aromatic carbocycles. The third-order valence-corrected chi connectivity index (χ3v) is 4.47. The van der Waals surface area contributed by atoms with Gasteiger partial charge in [-0.25, -0.2) is 0 Å². The van der Waals surface area contributed by atoms with Crippen molar-refractivity contribution in [3.8, 4) is 5.75 Å². The summed E-state index contributed by atoms with van der Waals surface area (Å²) in [6, 6.07) is 5.02. The maximum absolute atomic E-state index is 12.0. The van der Waals surface area contributed by atoms with Crippen LogP contribution in [0, 0.1) is 0 Å². The molecule has 0 aliphatic carbocycles. The van der Waals surface area contributed by atoms with Gasteiger partial charge >= 0.3 is 5.97 Å². The van der Waals surface area contributed by atoms with Gasteiger partial charge in [-0.2, -0.15) is 0 Å². The molecule has 0 aliphatic rings. The quantitative estimate of drug-likeness (QED) is 0.320. The lowest BCUT2D eigenvalue weighted by molar-refractivity contribution is -0.143. The normalized spacial score (nSPS) is 10.5. The third kappa shape index (κ3) is 10.9. The molecule has 5 nitrogen and oxygen atoms in total. The number of anilines is 1. The Morgan fingerprint density at radius 2 is 1.70 bits per heavy atom. The molecule has 0 saturated heterocycles. The molecule has 0 radical (unpaired) electrons. The van der Waals surface area contributed by atoms with E-state index in [0.29, 0.717) is 29.5 Å². The number of halogens is 1. The average Bonchev–Trinajstić information content (AvgIpc) is 2.64. The molecule has 1 aromatic rings. The van der Waals surface area contributed by atoms with Gasteiger partial charge in [0.1, 0.15) is 5.75 Å². The van der Waals surface area contributed by atoms with Crippen LogP contribution in [-0.2, 0) is 14.3 Å². The van der Waals surface area contributed by atoms with Gasteiger partial charge in [0, 0.05) is 17.9 Å². The standard InChI is InChI=1S/C21H32ClNO4/c1-3-4-5-6-7-8-9-15-27-21(25)12-10-11-20(24)23-18-16-17(22)13-14-19(18)26-2/h13-14,16H,3-12,15H2,1-2H3,(H,23,24). The van der Waals surface area contributed by atoms with Gasteiger partial charge in [0.25, 0.3) is 0 Å². The minimum atomic E-state index is -0.242. The molecule has 1 N–H and O–H groups in total. The van der Waals surface area contributed by atoms with E-state index in [1.807, 2.05) is 0 Å². The summed E-state index contributed by atoms with van der Waals surface area (Å²) in [5, 5.41) is 3.27. The maximum Gasteiger partial charge on any atom is 0.305 e. The molecule has 0 aliphatic heterocycles. The van der Waals surface area contributed by atoms with E-state index in [4.69, 9.17) is 21.1 Å². The van der Waals surface area contributed by atoms with Crippen LogP contribution in [0.5, 0.6) is 5.75 Å². The van der Waals surface area contributed by atoms with Crippen molar-refractivity contribution < 1.29 is 19.1 Å². The maximum atomic E-state index is 12.0. The Morgan fingerprint density at radius 3 is 2.41 bits per heavy atom. The zero-order chi connectivity index (χ0) is 19.9. The Labute approximate surface area is 167 Å². The number of carbonyl (C=O) groups excluding carboxylic acids is 2. The molecule has 6 heteroatoms. The highest BCUT2D eigenvalue weighted by Crippen LogP contribution is 2.27. The second kappa shape index (κ2) is 14.3. The Balaban J connectivity index is 2.12. The van der Waals surface area contributed by atoms with Gasteiger partial charge in [0.05, 0.1) is 19.4 Å². The fourth-order valence-electron chi connectivity index (χ4n) is 2.70. The molecule has 0 fully saturated rings. The van der Waals surface area contributed by atoms with Crippen LogP contribution < -0.4 is 10.1 Å². The van der Waals surface area contributed by atoms with Gasteiger partial charge < -0.3 is 14.8 Å². The van der Waals surface area contributed by atoms with Gasteiger partial charge in [0.2, 0.25) is 5.91 Å². The summed E-state index contributed by atoms with van der Waals surface area (Å²) in [5.74, 6) is 0.117. The average molecular weight is 398 g/mol. The van der Waals surface area contributed by atoms with Crippen LogP contribution in [0.25, 0.3) is 0 Å². The molecule has 1 rings (SSSR count). The molecule has 0 atom stereocenters. The summed E-state index contributed by atoms with van der Waals surface area (Å²) in [6.45, 7) is 2.68. The smallest absolute Gasteiger partial charge is 0.305 e. The highest BCUT2D eigenvalue weighted by atomic mass is 35.5. The largest absolute Gasteiger partial charge is 0.495 e. The van der Waals surface area contributed by atoms with E-state index in [9.17, 15) is 9.59 Å². The lowest BCUT2D eigenvalue weighted by Crippen LogP contribution is -2.13. The molecular formula is C21H32ClNO4. The summed E-state index contributed by atoms with van der Waals surface area (Å²) < 4.78 is 10.4. The van der Waals surface area contributed by atoms with Crippen molar-refractivity contribution in [2.75, 3.05) is 19.0 Å². The molecule has 0 aromatic heterocycles. The second-order valence-electron chi connectivity index (χ2n) is 6.59. The minimum Gasteiger partial charge on any atom is -0.495 e. The number of benzene rings is 1. The molecule has 1 amide bonds. The third-order valence-electron chi connectivity index (χ3n) is 4.23. The van der Waals surface area contributed by atoms with Crippen LogP contribution in [0.15, 0.2) is 18.2 Å². The van der Waals surface area contributed by atoms with Gasteiger partial charge in [-0.3, -0.25) is 9.59 Å². The molecule has 0 spiro atoms. The minimum absolute atomic E-state index is 0.185. The number of nitrogens with one attached hydrogen (secondary N) is 1. The second-order valence-corrected chi connectivity index (χ2v) is 7.02. The first-order valence-corrected chi connectivity index (χ1v) is 10.2. The Morgan fingerprint density at radius 1 is 1.00 bits per heavy atom. The molecule has 0 bridgehead atoms. The van der Waals surface area contributed by atoms with E-state index < -0.39 is 0 Å². The number of hydrogen-bond donors (Lipinski definition) is 1. The van der Waals surface area contributed by atoms with Crippen LogP contribution in [0.3, 0.4) is 0 Å². The van der Waals surface area contributed by atoms with Crippen LogP contribution in [0.2, 0.25) is 5.02 Å². The van der Waals surface area contributed by atoms with Gasteiger partial charge in [-0.15, -0.1) is 0 Å². The van der Waals surface area contributed by atoms with Crippen molar-refractivity contribution in [2.45, 2.75) is 71.1 Å². The van der Waals surface area contributed by atoms with Crippen molar-refractivity contribution in [3.05, 3.63) is 23.2 Å². The number of methoxy groups -OCH3 is 1. The zero-order valence-electron chi connectivity index (χ0n) is 16.5. The fourth-order valence-corrected chi connectivity index (χ4v) is 2.87. The summed E-state index contributed by atoms with van der Waals surface area (Å²) in [4.78, 5) is 23.7. The first-order chi connectivity index (χ1) is 13.1. The molecule has 0 heterocycles. The molecule has 152 valence electrons. The first-order valence-electron chi connectivity index (χ1n) is 9.85. The predicted octanol–water partition coefficient (Wildman–Crippen LogP) is 5.75. The number of carbonyl (C=O) groups is 2. The van der Waals surface area contributed by atoms with E-state index in [2.05, 4.69) is 12.2 Å².